The summed E-state index contributed by atoms with van der Waals surface area (Å²) in [7, 11) is 0. The van der Waals surface area contributed by atoms with Gasteiger partial charge in [-0.15, -0.1) is 0 Å². The predicted octanol–water partition coefficient (Wildman–Crippen LogP) is 13.1. The van der Waals surface area contributed by atoms with E-state index in [2.05, 4.69) is 170 Å². The molecule has 0 spiro atoms. The molecule has 3 heterocycles. The molecular weight excluding hydrogens is 671 g/mol. The molecule has 11 rings (SSSR count). The molecule has 8 aromatic carbocycles. The molecule has 254 valence electrons. The van der Waals surface area contributed by atoms with Gasteiger partial charge in [-0.1, -0.05) is 115 Å². The molecule has 0 atom stereocenters. The molecule has 0 unspecified atom stereocenters. The number of fused-ring (bicyclic) bond motifs is 9. The van der Waals surface area contributed by atoms with E-state index in [1.165, 1.54) is 10.8 Å². The molecule has 0 bridgehead atoms. The Bertz CT molecular complexity index is 3420. The van der Waals surface area contributed by atoms with Gasteiger partial charge >= 0.3 is 0 Å². The van der Waals surface area contributed by atoms with E-state index < -0.39 is 0 Å². The van der Waals surface area contributed by atoms with Crippen molar-refractivity contribution in [3.05, 3.63) is 193 Å². The summed E-state index contributed by atoms with van der Waals surface area (Å²) in [6.07, 6.45) is 0. The Morgan fingerprint density at radius 2 is 0.945 bits per heavy atom. The first-order valence-corrected chi connectivity index (χ1v) is 18.3. The number of para-hydroxylation sites is 6. The van der Waals surface area contributed by atoms with Crippen LogP contribution >= 0.6 is 0 Å². The fraction of sp³-hybridized carbons (Fsp3) is 0. The second-order valence-corrected chi connectivity index (χ2v) is 13.9. The van der Waals surface area contributed by atoms with Gasteiger partial charge < -0.3 is 13.7 Å². The van der Waals surface area contributed by atoms with Crippen molar-refractivity contribution in [3.63, 3.8) is 0 Å². The number of nitrogens with zero attached hydrogens (tertiary/aromatic N) is 5. The first kappa shape index (κ1) is 30.7. The van der Waals surface area contributed by atoms with Gasteiger partial charge in [0.25, 0.3) is 0 Å². The van der Waals surface area contributed by atoms with Gasteiger partial charge in [-0.25, -0.2) is 4.85 Å². The molecule has 0 aliphatic heterocycles. The fourth-order valence-corrected chi connectivity index (χ4v) is 8.82. The summed E-state index contributed by atoms with van der Waals surface area (Å²) in [5.41, 5.74) is 12.4. The molecule has 11 aromatic rings. The monoisotopic (exact) mass is 699 g/mol. The van der Waals surface area contributed by atoms with E-state index in [4.69, 9.17) is 6.57 Å². The average molecular weight is 700 g/mol. The third-order valence-corrected chi connectivity index (χ3v) is 11.1. The highest BCUT2D eigenvalue weighted by molar-refractivity contribution is 6.13. The minimum absolute atomic E-state index is 0.584. The Balaban J connectivity index is 1.23. The Hall–Kier alpha value is -7.86. The normalized spacial score (nSPS) is 11.6. The van der Waals surface area contributed by atoms with E-state index in [0.29, 0.717) is 11.3 Å². The minimum atomic E-state index is 0.584. The van der Waals surface area contributed by atoms with Crippen LogP contribution in [0.1, 0.15) is 5.56 Å². The van der Waals surface area contributed by atoms with Gasteiger partial charge in [0.1, 0.15) is 6.07 Å². The Morgan fingerprint density at radius 1 is 0.418 bits per heavy atom. The molecule has 0 fully saturated rings. The van der Waals surface area contributed by atoms with Crippen molar-refractivity contribution in [2.75, 3.05) is 0 Å². The number of aromatic nitrogens is 3. The molecule has 3 aromatic heterocycles. The Kier molecular flexibility index (Phi) is 6.61. The van der Waals surface area contributed by atoms with Crippen LogP contribution in [0.15, 0.2) is 176 Å². The Labute approximate surface area is 316 Å². The van der Waals surface area contributed by atoms with Gasteiger partial charge in [0.2, 0.25) is 0 Å². The smallest absolute Gasteiger partial charge is 0.188 e. The average Bonchev–Trinajstić information content (AvgIpc) is 3.88. The molecule has 5 nitrogen and oxygen atoms in total. The van der Waals surface area contributed by atoms with E-state index in [9.17, 15) is 5.26 Å². The van der Waals surface area contributed by atoms with E-state index in [0.717, 1.165) is 82.8 Å². The summed E-state index contributed by atoms with van der Waals surface area (Å²) >= 11 is 0. The lowest BCUT2D eigenvalue weighted by Gasteiger charge is -2.19. The van der Waals surface area contributed by atoms with Crippen LogP contribution < -0.4 is 0 Å². The molecule has 0 amide bonds. The zero-order chi connectivity index (χ0) is 36.6. The largest absolute Gasteiger partial charge is 0.309 e. The zero-order valence-electron chi connectivity index (χ0n) is 29.5. The summed E-state index contributed by atoms with van der Waals surface area (Å²) in [5.74, 6) is 0. The first-order valence-electron chi connectivity index (χ1n) is 18.3. The lowest BCUT2D eigenvalue weighted by atomic mass is 9.98. The lowest BCUT2D eigenvalue weighted by molar-refractivity contribution is 1.14. The predicted molar refractivity (Wildman–Crippen MR) is 226 cm³/mol. The Morgan fingerprint density at radius 3 is 1.60 bits per heavy atom. The summed E-state index contributed by atoms with van der Waals surface area (Å²) in [4.78, 5) is 3.74. The number of rotatable bonds is 4. The van der Waals surface area contributed by atoms with Crippen LogP contribution in [0.3, 0.4) is 0 Å². The van der Waals surface area contributed by atoms with Gasteiger partial charge in [0.05, 0.1) is 56.6 Å². The van der Waals surface area contributed by atoms with Crippen LogP contribution in [0.4, 0.5) is 5.69 Å². The third kappa shape index (κ3) is 4.39. The van der Waals surface area contributed by atoms with Crippen molar-refractivity contribution in [1.82, 2.24) is 13.7 Å². The molecule has 55 heavy (non-hydrogen) atoms. The van der Waals surface area contributed by atoms with Gasteiger partial charge in [-0.05, 0) is 66.0 Å². The van der Waals surface area contributed by atoms with E-state index in [1.54, 1.807) is 0 Å². The van der Waals surface area contributed by atoms with Crippen molar-refractivity contribution in [2.24, 2.45) is 0 Å². The SMILES string of the molecule is [C-]#[N+]c1ccc2c(c1)c1ccccc1n2-c1ccccc1-c1cccc(C#N)c1-n1c2ccccc2c2ccc(-n3c4ccccc4c4ccccc43)cc21. The third-order valence-electron chi connectivity index (χ3n) is 11.1. The van der Waals surface area contributed by atoms with Gasteiger partial charge in [-0.2, -0.15) is 5.26 Å². The van der Waals surface area contributed by atoms with Crippen LogP contribution in [-0.4, -0.2) is 13.7 Å². The van der Waals surface area contributed by atoms with E-state index in [1.807, 2.05) is 30.3 Å². The summed E-state index contributed by atoms with van der Waals surface area (Å²) < 4.78 is 6.93. The van der Waals surface area contributed by atoms with Crippen LogP contribution in [0.25, 0.3) is 98.5 Å². The standard InChI is InChI=1S/C50H29N5/c1-52-33-25-28-48-42(29-33)39-18-6-10-23-46(39)54(48)45-22-9-5-17-38(45)41-19-12-13-32(31-51)50(41)55-47-24-11-4-16-37(47)40-27-26-34(30-49(40)55)53-43-20-7-2-14-35(43)36-15-3-8-21-44(36)53/h2-30H. The highest BCUT2D eigenvalue weighted by atomic mass is 15.0. The number of nitriles is 1. The lowest BCUT2D eigenvalue weighted by Crippen LogP contribution is -2.04. The summed E-state index contributed by atoms with van der Waals surface area (Å²) in [5, 5.41) is 17.6. The summed E-state index contributed by atoms with van der Waals surface area (Å²) in [6.45, 7) is 7.70. The van der Waals surface area contributed by atoms with Crippen molar-refractivity contribution in [3.8, 4) is 34.3 Å². The molecule has 0 aliphatic carbocycles. The fourth-order valence-electron chi connectivity index (χ4n) is 8.82. The maximum Gasteiger partial charge on any atom is 0.188 e. The van der Waals surface area contributed by atoms with Crippen LogP contribution in [0.2, 0.25) is 0 Å². The maximum absolute atomic E-state index is 10.9. The zero-order valence-corrected chi connectivity index (χ0v) is 29.5. The second-order valence-electron chi connectivity index (χ2n) is 13.9. The molecule has 0 radical (unpaired) electrons. The van der Waals surface area contributed by atoms with Crippen LogP contribution in [0.5, 0.6) is 0 Å². The quantitative estimate of drug-likeness (QED) is 0.169. The molecular formula is C50H29N5. The number of hydrogen-bond donors (Lipinski definition) is 0. The van der Waals surface area contributed by atoms with E-state index >= 15 is 0 Å². The number of benzene rings is 8. The van der Waals surface area contributed by atoms with Gasteiger partial charge in [0, 0.05) is 43.7 Å². The molecule has 5 heteroatoms. The maximum atomic E-state index is 10.9. The topological polar surface area (TPSA) is 42.9 Å². The van der Waals surface area contributed by atoms with Crippen molar-refractivity contribution in [1.29, 1.82) is 5.26 Å². The van der Waals surface area contributed by atoms with E-state index in [-0.39, 0.29) is 0 Å². The van der Waals surface area contributed by atoms with Crippen molar-refractivity contribution >= 4 is 71.1 Å². The highest BCUT2D eigenvalue weighted by Gasteiger charge is 2.23. The number of hydrogen-bond acceptors (Lipinski definition) is 1. The molecule has 0 aliphatic rings. The van der Waals surface area contributed by atoms with Gasteiger partial charge in [-0.3, -0.25) is 0 Å². The molecule has 0 N–H and O–H groups in total. The minimum Gasteiger partial charge on any atom is -0.309 e. The first-order chi connectivity index (χ1) is 27.2. The summed E-state index contributed by atoms with van der Waals surface area (Å²) in [6, 6.07) is 63.7. The second kappa shape index (κ2) is 11.8. The van der Waals surface area contributed by atoms with Crippen molar-refractivity contribution in [2.45, 2.75) is 0 Å². The molecule has 0 saturated carbocycles. The van der Waals surface area contributed by atoms with Crippen LogP contribution in [0, 0.1) is 17.9 Å². The highest BCUT2D eigenvalue weighted by Crippen LogP contribution is 2.43. The van der Waals surface area contributed by atoms with Crippen molar-refractivity contribution < 1.29 is 0 Å². The molecule has 0 saturated heterocycles. The van der Waals surface area contributed by atoms with Gasteiger partial charge in [0.15, 0.2) is 5.69 Å². The van der Waals surface area contributed by atoms with Crippen LogP contribution in [-0.2, 0) is 0 Å².